The van der Waals surface area contributed by atoms with E-state index < -0.39 is 12.1 Å². The van der Waals surface area contributed by atoms with Crippen LogP contribution in [0.2, 0.25) is 0 Å². The Bertz CT molecular complexity index is 2260. The summed E-state index contributed by atoms with van der Waals surface area (Å²) in [5.74, 6) is -0.549. The van der Waals surface area contributed by atoms with E-state index in [1.165, 1.54) is 0 Å². The van der Waals surface area contributed by atoms with Crippen LogP contribution in [0.3, 0.4) is 0 Å². The van der Waals surface area contributed by atoms with Crippen molar-refractivity contribution in [1.29, 1.82) is 0 Å². The van der Waals surface area contributed by atoms with Crippen LogP contribution in [0.15, 0.2) is 97.1 Å². The van der Waals surface area contributed by atoms with E-state index in [-0.39, 0.29) is 39.9 Å². The van der Waals surface area contributed by atoms with Crippen LogP contribution in [0.25, 0.3) is 89.7 Å². The fraction of sp³-hybridized carbons (Fsp3) is 0.0294. The van der Waals surface area contributed by atoms with Crippen LogP contribution in [0.5, 0.6) is 0 Å². The van der Waals surface area contributed by atoms with E-state index in [0.29, 0.717) is 45.9 Å². The number of nitrogens with zero attached hydrogens (tertiary/aromatic N) is 8. The molecule has 0 amide bonds. The monoisotopic (exact) mass is 784 g/mol. The van der Waals surface area contributed by atoms with E-state index in [2.05, 4.69) is 0 Å². The molecule has 48 heavy (non-hydrogen) atoms. The Hall–Kier alpha value is -5.18. The molecule has 234 valence electrons. The fourth-order valence-electron chi connectivity index (χ4n) is 5.46. The number of carbonyl (C=O) groups is 1. The summed E-state index contributed by atoms with van der Waals surface area (Å²) in [5.41, 5.74) is 5.78. The van der Waals surface area contributed by atoms with Crippen molar-refractivity contribution >= 4 is 50.1 Å². The molecule has 1 N–H and O–H groups in total. The topological polar surface area (TPSA) is 143 Å². The summed E-state index contributed by atoms with van der Waals surface area (Å²) in [7, 11) is 0. The maximum Gasteiger partial charge on any atom is 2.00 e. The first-order valence-corrected chi connectivity index (χ1v) is 14.1. The minimum atomic E-state index is -5.08. The van der Waals surface area contributed by atoms with Crippen molar-refractivity contribution in [3.63, 3.8) is 0 Å². The third-order valence-corrected chi connectivity index (χ3v) is 7.57. The number of aliphatic carboxylic acids is 1. The van der Waals surface area contributed by atoms with Crippen molar-refractivity contribution in [2.75, 3.05) is 0 Å². The van der Waals surface area contributed by atoms with Crippen molar-refractivity contribution in [2.24, 2.45) is 0 Å². The van der Waals surface area contributed by atoms with Gasteiger partial charge in [-0.25, -0.2) is 14.8 Å². The summed E-state index contributed by atoms with van der Waals surface area (Å²) in [6.45, 7) is 0. The number of fused-ring (bicyclic) bond motifs is 20. The molecular weight excluding hydrogens is 767 g/mol. The molecule has 9 rings (SSSR count). The number of rotatable bonds is 0. The minimum Gasteiger partial charge on any atom is -0.475 e. The molecule has 0 radical (unpaired) electrons. The van der Waals surface area contributed by atoms with Crippen molar-refractivity contribution in [2.45, 2.75) is 6.18 Å². The van der Waals surface area contributed by atoms with E-state index in [1.807, 2.05) is 97.1 Å². The quantitative estimate of drug-likeness (QED) is 0.175. The second-order valence-corrected chi connectivity index (χ2v) is 10.5. The SMILES string of the molecule is O=C(O)C(F)(F)F.[Gd+2].c1ccc2c(c1)-c1nc-2nc2[n-]c(nc3nc(nc4[n-]c(n1)c1ccccc41)-c1ccccc1-3)c1ccccc21. The van der Waals surface area contributed by atoms with E-state index in [0.717, 1.165) is 43.8 Å². The number of carboxylic acid groups (broad SMARTS) is 1. The van der Waals surface area contributed by atoms with Crippen LogP contribution in [0.4, 0.5) is 13.2 Å². The smallest absolute Gasteiger partial charge is 0.475 e. The van der Waals surface area contributed by atoms with Gasteiger partial charge in [-0.2, -0.15) is 13.2 Å². The first-order chi connectivity index (χ1) is 22.7. The van der Waals surface area contributed by atoms with Gasteiger partial charge in [-0.05, 0) is 21.5 Å². The van der Waals surface area contributed by atoms with Crippen molar-refractivity contribution < 1.29 is 63.0 Å². The molecule has 3 aromatic heterocycles. The van der Waals surface area contributed by atoms with Gasteiger partial charge < -0.3 is 35.0 Å². The van der Waals surface area contributed by atoms with Crippen LogP contribution in [-0.4, -0.2) is 47.2 Å². The van der Waals surface area contributed by atoms with Gasteiger partial charge in [0.25, 0.3) is 0 Å². The van der Waals surface area contributed by atoms with Gasteiger partial charge in [-0.1, -0.05) is 97.1 Å². The van der Waals surface area contributed by atoms with Crippen LogP contribution < -0.4 is 9.97 Å². The predicted molar refractivity (Wildman–Crippen MR) is 168 cm³/mol. The Morgan fingerprint density at radius 3 is 0.938 bits per heavy atom. The Morgan fingerprint density at radius 2 is 0.708 bits per heavy atom. The van der Waals surface area contributed by atoms with Gasteiger partial charge >= 0.3 is 52.1 Å². The van der Waals surface area contributed by atoms with E-state index in [1.54, 1.807) is 0 Å². The second-order valence-electron chi connectivity index (χ2n) is 10.5. The number of hydrogen-bond donors (Lipinski definition) is 1. The van der Waals surface area contributed by atoms with Crippen LogP contribution in [-0.2, 0) is 4.79 Å². The molecule has 0 atom stereocenters. The minimum absolute atomic E-state index is 0. The summed E-state index contributed by atoms with van der Waals surface area (Å²) in [5, 5.41) is 10.7. The zero-order chi connectivity index (χ0) is 32.3. The largest absolute Gasteiger partial charge is 2.00 e. The molecule has 0 saturated heterocycles. The molecule has 2 aliphatic rings. The molecule has 0 aliphatic carbocycles. The summed E-state index contributed by atoms with van der Waals surface area (Å²) >= 11 is 0. The molecule has 0 saturated carbocycles. The van der Waals surface area contributed by atoms with Crippen LogP contribution in [0, 0.1) is 39.9 Å². The third-order valence-electron chi connectivity index (χ3n) is 7.57. The maximum atomic E-state index is 10.6. The molecule has 8 bridgehead atoms. The first kappa shape index (κ1) is 31.4. The Morgan fingerprint density at radius 1 is 0.479 bits per heavy atom. The molecule has 7 aromatic rings. The number of hydrogen-bond acceptors (Lipinski definition) is 7. The molecule has 0 spiro atoms. The maximum absolute atomic E-state index is 10.6. The van der Waals surface area contributed by atoms with Crippen molar-refractivity contribution in [3.05, 3.63) is 97.1 Å². The first-order valence-electron chi connectivity index (χ1n) is 14.1. The fourth-order valence-corrected chi connectivity index (χ4v) is 5.46. The average molecular weight is 784 g/mol. The van der Waals surface area contributed by atoms with Gasteiger partial charge in [0.15, 0.2) is 0 Å². The molecule has 5 heterocycles. The average Bonchev–Trinajstić information content (AvgIpc) is 3.80. The Kier molecular flexibility index (Phi) is 7.94. The number of halogens is 3. The van der Waals surface area contributed by atoms with Gasteiger partial charge in [-0.15, -0.1) is 0 Å². The summed E-state index contributed by atoms with van der Waals surface area (Å²) < 4.78 is 31.7. The van der Waals surface area contributed by atoms with E-state index in [9.17, 15) is 13.2 Å². The predicted octanol–water partition coefficient (Wildman–Crippen LogP) is 6.76. The molecular formula is C34H17F3GdN8O2. The standard InChI is InChI=1S/C32H16N8.C2HF3O2.Gd/c1-2-10-18-17(9-1)25-33-26(18)38-28-21-13-5-6-14-22(21)30(35-28)40-32-24-16-8-7-15-23(24)31(36-32)39-29-20-12-4-3-11-19(20)27(34-29)37-25;3-2(4,5)1(6)7;/h1-16H;(H,6,7);/q-2;;+2. The van der Waals surface area contributed by atoms with E-state index in [4.69, 9.17) is 49.8 Å². The molecule has 0 unspecified atom stereocenters. The Balaban J connectivity index is 0.000000415. The van der Waals surface area contributed by atoms with Gasteiger partial charge in [0.05, 0.1) is 23.3 Å². The summed E-state index contributed by atoms with van der Waals surface area (Å²) in [4.78, 5) is 48.2. The number of alkyl halides is 3. The number of carboxylic acids is 1. The zero-order valence-corrected chi connectivity index (χ0v) is 26.4. The molecule has 10 nitrogen and oxygen atoms in total. The second kappa shape index (κ2) is 12.1. The molecule has 4 aromatic carbocycles. The van der Waals surface area contributed by atoms with Gasteiger partial charge in [0, 0.05) is 44.8 Å². The van der Waals surface area contributed by atoms with Gasteiger partial charge in [0.2, 0.25) is 0 Å². The number of aromatic nitrogens is 8. The molecule has 2 aliphatic heterocycles. The molecule has 14 heteroatoms. The Labute approximate surface area is 299 Å². The van der Waals surface area contributed by atoms with Gasteiger partial charge in [0.1, 0.15) is 0 Å². The molecule has 0 fully saturated rings. The van der Waals surface area contributed by atoms with Crippen LogP contribution in [0.1, 0.15) is 0 Å². The third kappa shape index (κ3) is 5.47. The van der Waals surface area contributed by atoms with Crippen LogP contribution >= 0.6 is 0 Å². The van der Waals surface area contributed by atoms with E-state index >= 15 is 0 Å². The summed E-state index contributed by atoms with van der Waals surface area (Å²) in [6, 6.07) is 31.8. The number of benzene rings is 4. The normalized spacial score (nSPS) is 11.6. The summed E-state index contributed by atoms with van der Waals surface area (Å²) in [6.07, 6.45) is -5.08. The van der Waals surface area contributed by atoms with Gasteiger partial charge in [-0.3, -0.25) is 0 Å². The van der Waals surface area contributed by atoms with Crippen molar-refractivity contribution in [1.82, 2.24) is 39.9 Å². The van der Waals surface area contributed by atoms with Crippen molar-refractivity contribution in [3.8, 4) is 45.6 Å². The zero-order valence-electron chi connectivity index (χ0n) is 24.2.